The third-order valence-electron chi connectivity index (χ3n) is 4.41. The monoisotopic (exact) mass is 348 g/mol. The molecule has 24 heavy (non-hydrogen) atoms. The molecule has 1 unspecified atom stereocenters. The van der Waals surface area contributed by atoms with Crippen molar-refractivity contribution in [3.05, 3.63) is 59.5 Å². The molecule has 1 saturated heterocycles. The molecule has 1 aromatic heterocycles. The van der Waals surface area contributed by atoms with Gasteiger partial charge in [-0.25, -0.2) is 0 Å². The molecule has 2 aromatic rings. The summed E-state index contributed by atoms with van der Waals surface area (Å²) in [5.41, 5.74) is 0.695. The summed E-state index contributed by atoms with van der Waals surface area (Å²) in [6, 6.07) is 13.5. The van der Waals surface area contributed by atoms with Gasteiger partial charge < -0.3 is 9.73 Å². The van der Waals surface area contributed by atoms with E-state index in [9.17, 15) is 4.79 Å². The summed E-state index contributed by atoms with van der Waals surface area (Å²) in [5.74, 6) is 1.82. The Kier molecular flexibility index (Phi) is 6.88. The first-order chi connectivity index (χ1) is 11.2. The number of furan rings is 1. The number of piperidine rings is 1. The van der Waals surface area contributed by atoms with Crippen LogP contribution < -0.4 is 5.32 Å². The van der Waals surface area contributed by atoms with E-state index in [1.807, 2.05) is 49.4 Å². The summed E-state index contributed by atoms with van der Waals surface area (Å²) >= 11 is 0. The van der Waals surface area contributed by atoms with Crippen molar-refractivity contribution in [2.75, 3.05) is 19.6 Å². The number of nitrogens with one attached hydrogen (secondary N) is 1. The maximum Gasteiger partial charge on any atom is 0.251 e. The second-order valence-electron chi connectivity index (χ2n) is 6.14. The van der Waals surface area contributed by atoms with Crippen molar-refractivity contribution in [2.24, 2.45) is 0 Å². The average molecular weight is 349 g/mol. The number of rotatable bonds is 5. The molecule has 0 saturated carbocycles. The zero-order chi connectivity index (χ0) is 16.1. The van der Waals surface area contributed by atoms with Crippen molar-refractivity contribution in [3.63, 3.8) is 0 Å². The molecule has 1 aliphatic rings. The van der Waals surface area contributed by atoms with Crippen LogP contribution in [0.1, 0.15) is 47.2 Å². The van der Waals surface area contributed by atoms with E-state index in [-0.39, 0.29) is 24.4 Å². The lowest BCUT2D eigenvalue weighted by molar-refractivity contribution is 0.0913. The fourth-order valence-electron chi connectivity index (χ4n) is 3.15. The summed E-state index contributed by atoms with van der Waals surface area (Å²) in [4.78, 5) is 14.7. The largest absolute Gasteiger partial charge is 0.465 e. The number of carbonyl (C=O) groups is 1. The van der Waals surface area contributed by atoms with Crippen LogP contribution in [0.3, 0.4) is 0 Å². The highest BCUT2D eigenvalue weighted by molar-refractivity contribution is 5.94. The van der Waals surface area contributed by atoms with E-state index in [1.54, 1.807) is 0 Å². The average Bonchev–Trinajstić information content (AvgIpc) is 3.03. The maximum atomic E-state index is 12.3. The van der Waals surface area contributed by atoms with Gasteiger partial charge in [-0.1, -0.05) is 24.6 Å². The third kappa shape index (κ3) is 4.62. The Balaban J connectivity index is 0.00000208. The molecule has 0 bridgehead atoms. The minimum absolute atomic E-state index is 0. The minimum Gasteiger partial charge on any atom is -0.465 e. The van der Waals surface area contributed by atoms with Crippen LogP contribution in [-0.4, -0.2) is 30.4 Å². The smallest absolute Gasteiger partial charge is 0.251 e. The molecule has 1 aliphatic heterocycles. The van der Waals surface area contributed by atoms with Crippen LogP contribution in [0.15, 0.2) is 46.9 Å². The number of benzene rings is 1. The normalized spacial score (nSPS) is 16.2. The SMILES string of the molecule is Cc1ccc(C(CNC(=O)c2ccccc2)N2CCCCC2)o1.Cl. The highest BCUT2D eigenvalue weighted by atomic mass is 35.5. The van der Waals surface area contributed by atoms with Crippen molar-refractivity contribution < 1.29 is 9.21 Å². The lowest BCUT2D eigenvalue weighted by atomic mass is 10.1. The van der Waals surface area contributed by atoms with Gasteiger partial charge in [0.1, 0.15) is 11.5 Å². The molecule has 5 heteroatoms. The van der Waals surface area contributed by atoms with Gasteiger partial charge in [0.2, 0.25) is 0 Å². The van der Waals surface area contributed by atoms with E-state index < -0.39 is 0 Å². The minimum atomic E-state index is -0.0316. The number of halogens is 1. The van der Waals surface area contributed by atoms with Gasteiger partial charge in [-0.3, -0.25) is 9.69 Å². The van der Waals surface area contributed by atoms with Crippen molar-refractivity contribution >= 4 is 18.3 Å². The second-order valence-corrected chi connectivity index (χ2v) is 6.14. The Morgan fingerprint density at radius 2 is 1.83 bits per heavy atom. The van der Waals surface area contributed by atoms with Crippen LogP contribution in [0.25, 0.3) is 0 Å². The molecule has 1 N–H and O–H groups in total. The van der Waals surface area contributed by atoms with E-state index in [2.05, 4.69) is 10.2 Å². The lowest BCUT2D eigenvalue weighted by Crippen LogP contribution is -2.40. The second kappa shape index (κ2) is 8.90. The number of aryl methyl sites for hydroxylation is 1. The summed E-state index contributed by atoms with van der Waals surface area (Å²) < 4.78 is 5.84. The summed E-state index contributed by atoms with van der Waals surface area (Å²) in [6.45, 7) is 4.65. The van der Waals surface area contributed by atoms with Crippen LogP contribution >= 0.6 is 12.4 Å². The molecule has 4 nitrogen and oxygen atoms in total. The predicted molar refractivity (Wildman–Crippen MR) is 97.6 cm³/mol. The Morgan fingerprint density at radius 1 is 1.12 bits per heavy atom. The predicted octanol–water partition coefficient (Wildman–Crippen LogP) is 3.97. The Labute approximate surface area is 149 Å². The lowest BCUT2D eigenvalue weighted by Gasteiger charge is -2.33. The van der Waals surface area contributed by atoms with Crippen LogP contribution in [0, 0.1) is 6.92 Å². The molecule has 0 spiro atoms. The first-order valence-corrected chi connectivity index (χ1v) is 8.37. The van der Waals surface area contributed by atoms with Crippen molar-refractivity contribution in [2.45, 2.75) is 32.2 Å². The number of nitrogens with zero attached hydrogens (tertiary/aromatic N) is 1. The number of hydrogen-bond acceptors (Lipinski definition) is 3. The van der Waals surface area contributed by atoms with Gasteiger partial charge in [0, 0.05) is 12.1 Å². The molecule has 130 valence electrons. The fraction of sp³-hybridized carbons (Fsp3) is 0.421. The number of carbonyl (C=O) groups excluding carboxylic acids is 1. The van der Waals surface area contributed by atoms with E-state index >= 15 is 0 Å². The van der Waals surface area contributed by atoms with Crippen LogP contribution in [0.5, 0.6) is 0 Å². The maximum absolute atomic E-state index is 12.3. The first-order valence-electron chi connectivity index (χ1n) is 8.37. The molecule has 1 fully saturated rings. The molecule has 2 heterocycles. The number of likely N-dealkylation sites (tertiary alicyclic amines) is 1. The molecule has 0 radical (unpaired) electrons. The zero-order valence-corrected chi connectivity index (χ0v) is 14.8. The van der Waals surface area contributed by atoms with Crippen LogP contribution in [0.2, 0.25) is 0 Å². The quantitative estimate of drug-likeness (QED) is 0.889. The van der Waals surface area contributed by atoms with Gasteiger partial charge in [0.25, 0.3) is 5.91 Å². The third-order valence-corrected chi connectivity index (χ3v) is 4.41. The molecular formula is C19H25ClN2O2. The Morgan fingerprint density at radius 3 is 2.46 bits per heavy atom. The van der Waals surface area contributed by atoms with Crippen molar-refractivity contribution in [1.82, 2.24) is 10.2 Å². The van der Waals surface area contributed by atoms with Gasteiger partial charge in [0.15, 0.2) is 0 Å². The summed E-state index contributed by atoms with van der Waals surface area (Å²) in [7, 11) is 0. The fourth-order valence-corrected chi connectivity index (χ4v) is 3.15. The van der Waals surface area contributed by atoms with Gasteiger partial charge in [0.05, 0.1) is 6.04 Å². The van der Waals surface area contributed by atoms with Crippen molar-refractivity contribution in [1.29, 1.82) is 0 Å². The molecule has 1 amide bonds. The van der Waals surface area contributed by atoms with Crippen LogP contribution in [-0.2, 0) is 0 Å². The molecule has 0 aliphatic carbocycles. The van der Waals surface area contributed by atoms with E-state index in [0.717, 1.165) is 24.6 Å². The first kappa shape index (κ1) is 18.6. The Hall–Kier alpha value is -1.78. The van der Waals surface area contributed by atoms with Gasteiger partial charge in [-0.2, -0.15) is 0 Å². The molecule has 1 aromatic carbocycles. The standard InChI is InChI=1S/C19H24N2O2.ClH/c1-15-10-11-18(23-15)17(21-12-6-3-7-13-21)14-20-19(22)16-8-4-2-5-9-16;/h2,4-5,8-11,17H,3,6-7,12-14H2,1H3,(H,20,22);1H. The van der Waals surface area contributed by atoms with Gasteiger partial charge in [-0.05, 0) is 57.1 Å². The number of amides is 1. The molecule has 3 rings (SSSR count). The summed E-state index contributed by atoms with van der Waals surface area (Å²) in [6.07, 6.45) is 3.71. The van der Waals surface area contributed by atoms with Crippen LogP contribution in [0.4, 0.5) is 0 Å². The highest BCUT2D eigenvalue weighted by Crippen LogP contribution is 2.25. The number of hydrogen-bond donors (Lipinski definition) is 1. The van der Waals surface area contributed by atoms with Gasteiger partial charge in [-0.15, -0.1) is 12.4 Å². The summed E-state index contributed by atoms with van der Waals surface area (Å²) in [5, 5.41) is 3.06. The van der Waals surface area contributed by atoms with E-state index in [1.165, 1.54) is 19.3 Å². The van der Waals surface area contributed by atoms with Crippen molar-refractivity contribution in [3.8, 4) is 0 Å². The van der Waals surface area contributed by atoms with Gasteiger partial charge >= 0.3 is 0 Å². The zero-order valence-electron chi connectivity index (χ0n) is 14.0. The van der Waals surface area contributed by atoms with E-state index in [0.29, 0.717) is 12.1 Å². The highest BCUT2D eigenvalue weighted by Gasteiger charge is 2.25. The Bertz CT molecular complexity index is 636. The molecule has 1 atom stereocenters. The topological polar surface area (TPSA) is 45.5 Å². The van der Waals surface area contributed by atoms with E-state index in [4.69, 9.17) is 4.42 Å². The molecular weight excluding hydrogens is 324 g/mol.